The van der Waals surface area contributed by atoms with Gasteiger partial charge in [0.2, 0.25) is 10.0 Å². The summed E-state index contributed by atoms with van der Waals surface area (Å²) in [6.07, 6.45) is -4.87. The maximum Gasteiger partial charge on any atom is 0.573 e. The van der Waals surface area contributed by atoms with Gasteiger partial charge in [-0.3, -0.25) is 0 Å². The predicted molar refractivity (Wildman–Crippen MR) is 92.5 cm³/mol. The Morgan fingerprint density at radius 2 is 1.77 bits per heavy atom. The van der Waals surface area contributed by atoms with E-state index in [1.807, 2.05) is 0 Å². The molecule has 0 amide bonds. The smallest absolute Gasteiger partial charge is 0.496 e. The van der Waals surface area contributed by atoms with Gasteiger partial charge in [-0.05, 0) is 40.2 Å². The molecule has 142 valence electrons. The highest BCUT2D eigenvalue weighted by molar-refractivity contribution is 9.10. The highest BCUT2D eigenvalue weighted by Crippen LogP contribution is 2.31. The van der Waals surface area contributed by atoms with E-state index < -0.39 is 22.1 Å². The van der Waals surface area contributed by atoms with Gasteiger partial charge < -0.3 is 9.47 Å². The minimum Gasteiger partial charge on any atom is -0.496 e. The van der Waals surface area contributed by atoms with Gasteiger partial charge in [0.25, 0.3) is 0 Å². The fourth-order valence-electron chi connectivity index (χ4n) is 2.17. The Bertz CT molecular complexity index is 887. The van der Waals surface area contributed by atoms with E-state index in [1.165, 1.54) is 50.6 Å². The Kier molecular flexibility index (Phi) is 6.20. The van der Waals surface area contributed by atoms with Crippen molar-refractivity contribution in [1.29, 1.82) is 0 Å². The summed E-state index contributed by atoms with van der Waals surface area (Å²) in [5.74, 6) is 0.00786. The zero-order valence-electron chi connectivity index (χ0n) is 13.7. The number of sulfonamides is 1. The van der Waals surface area contributed by atoms with E-state index in [0.717, 1.165) is 10.4 Å². The van der Waals surface area contributed by atoms with Crippen LogP contribution in [0.2, 0.25) is 0 Å². The summed E-state index contributed by atoms with van der Waals surface area (Å²) in [7, 11) is -1.22. The molecule has 0 saturated heterocycles. The lowest BCUT2D eigenvalue weighted by Gasteiger charge is -2.20. The number of hydrogen-bond acceptors (Lipinski definition) is 4. The Balaban J connectivity index is 2.29. The van der Waals surface area contributed by atoms with Crippen LogP contribution < -0.4 is 9.47 Å². The third-order valence-corrected chi connectivity index (χ3v) is 5.84. The van der Waals surface area contributed by atoms with Crippen LogP contribution in [0.5, 0.6) is 11.5 Å². The molecule has 0 N–H and O–H groups in total. The molecule has 0 spiro atoms. The molecule has 2 rings (SSSR count). The van der Waals surface area contributed by atoms with Crippen LogP contribution in [0.4, 0.5) is 13.2 Å². The molecule has 5 nitrogen and oxygen atoms in total. The molecule has 2 aromatic carbocycles. The first-order valence-corrected chi connectivity index (χ1v) is 9.41. The standard InChI is InChI=1S/C16H15BrF3NO4S/c1-21(10-11-5-3-4-6-14(11)25-16(18,19)20)26(22,23)12-7-8-15(24-2)13(17)9-12/h3-9H,10H2,1-2H3. The van der Waals surface area contributed by atoms with Crippen molar-refractivity contribution in [3.63, 3.8) is 0 Å². The van der Waals surface area contributed by atoms with E-state index in [1.54, 1.807) is 0 Å². The molecule has 0 radical (unpaired) electrons. The topological polar surface area (TPSA) is 55.8 Å². The summed E-state index contributed by atoms with van der Waals surface area (Å²) in [6.45, 7) is -0.293. The Morgan fingerprint density at radius 3 is 2.35 bits per heavy atom. The Morgan fingerprint density at radius 1 is 1.12 bits per heavy atom. The second-order valence-electron chi connectivity index (χ2n) is 5.21. The summed E-state index contributed by atoms with van der Waals surface area (Å²) in [5.41, 5.74) is 0.0866. The number of hydrogen-bond donors (Lipinski definition) is 0. The first-order valence-electron chi connectivity index (χ1n) is 7.18. The van der Waals surface area contributed by atoms with Crippen molar-refractivity contribution >= 4 is 26.0 Å². The van der Waals surface area contributed by atoms with Crippen molar-refractivity contribution in [2.24, 2.45) is 0 Å². The molecule has 0 aliphatic heterocycles. The van der Waals surface area contributed by atoms with Gasteiger partial charge in [-0.2, -0.15) is 4.31 Å². The second-order valence-corrected chi connectivity index (χ2v) is 8.11. The largest absolute Gasteiger partial charge is 0.573 e. The molecule has 0 atom stereocenters. The van der Waals surface area contributed by atoms with Crippen molar-refractivity contribution < 1.29 is 31.1 Å². The number of rotatable bonds is 6. The number of nitrogens with zero attached hydrogens (tertiary/aromatic N) is 1. The summed E-state index contributed by atoms with van der Waals surface area (Å²) >= 11 is 3.21. The molecule has 0 saturated carbocycles. The summed E-state index contributed by atoms with van der Waals surface area (Å²) in [5, 5.41) is 0. The molecule has 2 aromatic rings. The van der Waals surface area contributed by atoms with Gasteiger partial charge in [0.05, 0.1) is 16.5 Å². The monoisotopic (exact) mass is 453 g/mol. The molecule has 0 heterocycles. The Hall–Kier alpha value is -1.78. The maximum atomic E-state index is 12.7. The van der Waals surface area contributed by atoms with E-state index in [4.69, 9.17) is 4.74 Å². The number of para-hydroxylation sites is 1. The zero-order valence-corrected chi connectivity index (χ0v) is 16.2. The van der Waals surface area contributed by atoms with E-state index in [0.29, 0.717) is 10.2 Å². The van der Waals surface area contributed by atoms with Crippen LogP contribution in [0, 0.1) is 0 Å². The number of alkyl halides is 3. The van der Waals surface area contributed by atoms with Crippen molar-refractivity contribution in [2.75, 3.05) is 14.2 Å². The number of halogens is 4. The molecule has 0 aromatic heterocycles. The van der Waals surface area contributed by atoms with E-state index >= 15 is 0 Å². The molecule has 0 aliphatic carbocycles. The molecule has 0 fully saturated rings. The molecule has 0 aliphatic rings. The fraction of sp³-hybridized carbons (Fsp3) is 0.250. The minimum atomic E-state index is -4.87. The van der Waals surface area contributed by atoms with Crippen molar-refractivity contribution in [2.45, 2.75) is 17.8 Å². The predicted octanol–water partition coefficient (Wildman–Crippen LogP) is 4.18. The maximum absolute atomic E-state index is 12.7. The molecule has 26 heavy (non-hydrogen) atoms. The van der Waals surface area contributed by atoms with E-state index in [-0.39, 0.29) is 17.0 Å². The van der Waals surface area contributed by atoms with E-state index in [2.05, 4.69) is 20.7 Å². The van der Waals surface area contributed by atoms with E-state index in [9.17, 15) is 21.6 Å². The first-order chi connectivity index (χ1) is 12.0. The average Bonchev–Trinajstić information content (AvgIpc) is 2.55. The second kappa shape index (κ2) is 7.85. The van der Waals surface area contributed by atoms with Crippen LogP contribution in [0.15, 0.2) is 51.8 Å². The number of ether oxygens (including phenoxy) is 2. The lowest BCUT2D eigenvalue weighted by atomic mass is 10.2. The summed E-state index contributed by atoms with van der Waals surface area (Å²) < 4.78 is 73.3. The van der Waals surface area contributed by atoms with Crippen LogP contribution in [0.3, 0.4) is 0 Å². The first kappa shape index (κ1) is 20.5. The molecular weight excluding hydrogens is 439 g/mol. The van der Waals surface area contributed by atoms with Gasteiger partial charge in [0, 0.05) is 19.2 Å². The van der Waals surface area contributed by atoms with Crippen LogP contribution in [-0.4, -0.2) is 33.2 Å². The molecule has 0 unspecified atom stereocenters. The summed E-state index contributed by atoms with van der Waals surface area (Å²) in [4.78, 5) is -0.0260. The highest BCUT2D eigenvalue weighted by Gasteiger charge is 2.32. The quantitative estimate of drug-likeness (QED) is 0.658. The molecule has 10 heteroatoms. The number of methoxy groups -OCH3 is 1. The third-order valence-electron chi connectivity index (χ3n) is 3.42. The van der Waals surface area contributed by atoms with Gasteiger partial charge in [0.15, 0.2) is 0 Å². The van der Waals surface area contributed by atoms with Crippen LogP contribution in [0.25, 0.3) is 0 Å². The normalized spacial score (nSPS) is 12.3. The molecule has 0 bridgehead atoms. The lowest BCUT2D eigenvalue weighted by Crippen LogP contribution is -2.27. The molecular formula is C16H15BrF3NO4S. The average molecular weight is 454 g/mol. The van der Waals surface area contributed by atoms with Gasteiger partial charge in [-0.15, -0.1) is 13.2 Å². The SMILES string of the molecule is COc1ccc(S(=O)(=O)N(C)Cc2ccccc2OC(F)(F)F)cc1Br. The highest BCUT2D eigenvalue weighted by atomic mass is 79.9. The van der Waals surface area contributed by atoms with Crippen molar-refractivity contribution in [1.82, 2.24) is 4.31 Å². The third kappa shape index (κ3) is 4.89. The zero-order chi connectivity index (χ0) is 19.5. The van der Waals surface area contributed by atoms with Crippen LogP contribution in [0.1, 0.15) is 5.56 Å². The van der Waals surface area contributed by atoms with Gasteiger partial charge in [0.1, 0.15) is 11.5 Å². The fourth-order valence-corrected chi connectivity index (χ4v) is 4.04. The summed E-state index contributed by atoms with van der Waals surface area (Å²) in [6, 6.07) is 9.58. The minimum absolute atomic E-state index is 0.0260. The lowest BCUT2D eigenvalue weighted by molar-refractivity contribution is -0.274. The van der Waals surface area contributed by atoms with Gasteiger partial charge in [-0.1, -0.05) is 18.2 Å². The van der Waals surface area contributed by atoms with Crippen molar-refractivity contribution in [3.8, 4) is 11.5 Å². The van der Waals surface area contributed by atoms with Crippen LogP contribution >= 0.6 is 15.9 Å². The van der Waals surface area contributed by atoms with Crippen molar-refractivity contribution in [3.05, 3.63) is 52.5 Å². The van der Waals surface area contributed by atoms with Gasteiger partial charge >= 0.3 is 6.36 Å². The number of benzene rings is 2. The Labute approximate surface area is 157 Å². The van der Waals surface area contributed by atoms with Gasteiger partial charge in [-0.25, -0.2) is 8.42 Å². The van der Waals surface area contributed by atoms with Crippen LogP contribution in [-0.2, 0) is 16.6 Å².